The molecule has 1 aromatic rings. The maximum Gasteiger partial charge on any atom is 0.322 e. The van der Waals surface area contributed by atoms with E-state index in [1.807, 2.05) is 4.72 Å². The first-order chi connectivity index (χ1) is 8.79. The summed E-state index contributed by atoms with van der Waals surface area (Å²) in [6.45, 7) is 3.36. The van der Waals surface area contributed by atoms with E-state index in [4.69, 9.17) is 5.11 Å². The minimum atomic E-state index is -4.20. The highest BCUT2D eigenvalue weighted by atomic mass is 32.2. The predicted octanol–water partition coefficient (Wildman–Crippen LogP) is 1.60. The highest BCUT2D eigenvalue weighted by Gasteiger charge is 2.30. The fraction of sp³-hybridized carbons (Fsp3) is 0.417. The lowest BCUT2D eigenvalue weighted by Gasteiger charge is -2.20. The SMILES string of the molecule is CCC(C)[C@H](NS(=O)(=O)c1ccccc1F)C(=O)O. The van der Waals surface area contributed by atoms with Crippen molar-refractivity contribution in [1.29, 1.82) is 0 Å². The molecule has 0 aliphatic rings. The summed E-state index contributed by atoms with van der Waals surface area (Å²) in [6.07, 6.45) is 0.483. The largest absolute Gasteiger partial charge is 0.480 e. The average Bonchev–Trinajstić information content (AvgIpc) is 2.35. The molecule has 0 aliphatic carbocycles. The fourth-order valence-electron chi connectivity index (χ4n) is 1.54. The van der Waals surface area contributed by atoms with Crippen LogP contribution in [0.1, 0.15) is 20.3 Å². The molecule has 0 bridgehead atoms. The highest BCUT2D eigenvalue weighted by molar-refractivity contribution is 7.89. The quantitative estimate of drug-likeness (QED) is 0.833. The van der Waals surface area contributed by atoms with Gasteiger partial charge in [-0.25, -0.2) is 12.8 Å². The lowest BCUT2D eigenvalue weighted by atomic mass is 10.0. The van der Waals surface area contributed by atoms with Crippen molar-refractivity contribution in [1.82, 2.24) is 4.72 Å². The maximum atomic E-state index is 13.5. The standard InChI is InChI=1S/C12H16FNO4S/c1-3-8(2)11(12(15)16)14-19(17,18)10-7-5-4-6-9(10)13/h4-8,11,14H,3H2,1-2H3,(H,15,16)/t8?,11-/m0/s1. The summed E-state index contributed by atoms with van der Waals surface area (Å²) in [5.74, 6) is -2.60. The van der Waals surface area contributed by atoms with Crippen molar-refractivity contribution in [2.75, 3.05) is 0 Å². The topological polar surface area (TPSA) is 83.5 Å². The van der Waals surface area contributed by atoms with Gasteiger partial charge in [-0.1, -0.05) is 32.4 Å². The van der Waals surface area contributed by atoms with E-state index in [2.05, 4.69) is 0 Å². The minimum absolute atomic E-state index is 0.404. The summed E-state index contributed by atoms with van der Waals surface area (Å²) in [7, 11) is -4.20. The third kappa shape index (κ3) is 3.74. The van der Waals surface area contributed by atoms with Crippen LogP contribution in [0.15, 0.2) is 29.2 Å². The van der Waals surface area contributed by atoms with Crippen LogP contribution in [0.25, 0.3) is 0 Å². The molecule has 0 aliphatic heterocycles. The average molecular weight is 289 g/mol. The molecular formula is C12H16FNO4S. The van der Waals surface area contributed by atoms with Crippen molar-refractivity contribution in [2.24, 2.45) is 5.92 Å². The van der Waals surface area contributed by atoms with Gasteiger partial charge in [0, 0.05) is 0 Å². The van der Waals surface area contributed by atoms with Gasteiger partial charge in [-0.2, -0.15) is 4.72 Å². The fourth-order valence-corrected chi connectivity index (χ4v) is 2.92. The molecule has 5 nitrogen and oxygen atoms in total. The first kappa shape index (κ1) is 15.6. The number of hydrogen-bond donors (Lipinski definition) is 2. The molecule has 0 fully saturated rings. The Labute approximate surface area is 111 Å². The molecule has 0 radical (unpaired) electrons. The number of halogens is 1. The Bertz CT molecular complexity index is 559. The van der Waals surface area contributed by atoms with E-state index in [0.717, 1.165) is 12.1 Å². The van der Waals surface area contributed by atoms with E-state index < -0.39 is 38.7 Å². The lowest BCUT2D eigenvalue weighted by Crippen LogP contribution is -2.45. The first-order valence-corrected chi connectivity index (χ1v) is 7.27. The van der Waals surface area contributed by atoms with Gasteiger partial charge in [0.05, 0.1) is 0 Å². The Hall–Kier alpha value is -1.47. The number of sulfonamides is 1. The van der Waals surface area contributed by atoms with Crippen molar-refractivity contribution in [3.63, 3.8) is 0 Å². The summed E-state index contributed by atoms with van der Waals surface area (Å²) >= 11 is 0. The van der Waals surface area contributed by atoms with Crippen LogP contribution in [-0.2, 0) is 14.8 Å². The Kier molecular flexibility index (Phi) is 5.02. The lowest BCUT2D eigenvalue weighted by molar-refractivity contribution is -0.140. The van der Waals surface area contributed by atoms with Crippen molar-refractivity contribution in [3.05, 3.63) is 30.1 Å². The Morgan fingerprint density at radius 3 is 2.47 bits per heavy atom. The summed E-state index contributed by atoms with van der Waals surface area (Å²) < 4.78 is 39.4. The predicted molar refractivity (Wildman–Crippen MR) is 67.6 cm³/mol. The van der Waals surface area contributed by atoms with Crippen molar-refractivity contribution in [3.8, 4) is 0 Å². The minimum Gasteiger partial charge on any atom is -0.480 e. The maximum absolute atomic E-state index is 13.5. The zero-order valence-electron chi connectivity index (χ0n) is 10.6. The molecule has 19 heavy (non-hydrogen) atoms. The van der Waals surface area contributed by atoms with Crippen LogP contribution in [0, 0.1) is 11.7 Å². The second kappa shape index (κ2) is 6.12. The van der Waals surface area contributed by atoms with Gasteiger partial charge in [0.15, 0.2) is 0 Å². The third-order valence-electron chi connectivity index (χ3n) is 2.89. The van der Waals surface area contributed by atoms with Crippen LogP contribution < -0.4 is 4.72 Å². The molecule has 0 saturated heterocycles. The van der Waals surface area contributed by atoms with E-state index in [0.29, 0.717) is 6.42 Å². The molecule has 0 spiro atoms. The number of nitrogens with one attached hydrogen (secondary N) is 1. The summed E-state index contributed by atoms with van der Waals surface area (Å²) in [4.78, 5) is 10.5. The molecule has 0 saturated carbocycles. The van der Waals surface area contributed by atoms with Gasteiger partial charge in [0.2, 0.25) is 10.0 Å². The van der Waals surface area contributed by atoms with Crippen LogP contribution in [0.2, 0.25) is 0 Å². The van der Waals surface area contributed by atoms with Crippen molar-refractivity contribution in [2.45, 2.75) is 31.2 Å². The number of benzene rings is 1. The molecule has 2 atom stereocenters. The zero-order valence-corrected chi connectivity index (χ0v) is 11.4. The highest BCUT2D eigenvalue weighted by Crippen LogP contribution is 2.16. The molecule has 1 rings (SSSR count). The third-order valence-corrected chi connectivity index (χ3v) is 4.36. The molecule has 2 N–H and O–H groups in total. The molecule has 106 valence electrons. The summed E-state index contributed by atoms with van der Waals surface area (Å²) in [6, 6.07) is 3.55. The van der Waals surface area contributed by atoms with Crippen molar-refractivity contribution < 1.29 is 22.7 Å². The van der Waals surface area contributed by atoms with Crippen molar-refractivity contribution >= 4 is 16.0 Å². The zero-order chi connectivity index (χ0) is 14.6. The molecular weight excluding hydrogens is 273 g/mol. The van der Waals surface area contributed by atoms with Crippen LogP contribution in [0.4, 0.5) is 4.39 Å². The Morgan fingerprint density at radius 2 is 2.00 bits per heavy atom. The van der Waals surface area contributed by atoms with Gasteiger partial charge in [-0.3, -0.25) is 4.79 Å². The van der Waals surface area contributed by atoms with Crippen LogP contribution in [0.5, 0.6) is 0 Å². The smallest absolute Gasteiger partial charge is 0.322 e. The van der Waals surface area contributed by atoms with Crippen LogP contribution >= 0.6 is 0 Å². The number of carboxylic acid groups (broad SMARTS) is 1. The van der Waals surface area contributed by atoms with Gasteiger partial charge in [0.1, 0.15) is 16.8 Å². The molecule has 0 heterocycles. The number of carbonyl (C=O) groups is 1. The molecule has 0 amide bonds. The summed E-state index contributed by atoms with van der Waals surface area (Å²) in [5, 5.41) is 9.03. The number of hydrogen-bond acceptors (Lipinski definition) is 3. The van der Waals surface area contributed by atoms with Gasteiger partial charge in [-0.15, -0.1) is 0 Å². The van der Waals surface area contributed by atoms with Gasteiger partial charge in [0.25, 0.3) is 0 Å². The van der Waals surface area contributed by atoms with Gasteiger partial charge >= 0.3 is 5.97 Å². The second-order valence-corrected chi connectivity index (χ2v) is 5.94. The molecule has 1 aromatic carbocycles. The monoisotopic (exact) mass is 289 g/mol. The molecule has 7 heteroatoms. The Morgan fingerprint density at radius 1 is 1.42 bits per heavy atom. The summed E-state index contributed by atoms with van der Waals surface area (Å²) in [5.41, 5.74) is 0. The van der Waals surface area contributed by atoms with Crippen LogP contribution in [-0.4, -0.2) is 25.5 Å². The molecule has 0 aromatic heterocycles. The number of carboxylic acids is 1. The second-order valence-electron chi connectivity index (χ2n) is 4.25. The van der Waals surface area contributed by atoms with E-state index in [-0.39, 0.29) is 0 Å². The Balaban J connectivity index is 3.08. The van der Waals surface area contributed by atoms with E-state index >= 15 is 0 Å². The van der Waals surface area contributed by atoms with Crippen LogP contribution in [0.3, 0.4) is 0 Å². The van der Waals surface area contributed by atoms with E-state index in [1.165, 1.54) is 12.1 Å². The van der Waals surface area contributed by atoms with Gasteiger partial charge in [-0.05, 0) is 18.1 Å². The van der Waals surface area contributed by atoms with Gasteiger partial charge < -0.3 is 5.11 Å². The number of rotatable bonds is 6. The van der Waals surface area contributed by atoms with E-state index in [1.54, 1.807) is 13.8 Å². The first-order valence-electron chi connectivity index (χ1n) is 5.79. The van der Waals surface area contributed by atoms with E-state index in [9.17, 15) is 17.6 Å². The molecule has 1 unspecified atom stereocenters. The number of aliphatic carboxylic acids is 1. The normalized spacial score (nSPS) is 14.9.